The van der Waals surface area contributed by atoms with Gasteiger partial charge in [0.05, 0.1) is 11.0 Å². The largest absolute Gasteiger partial charge is 0.377 e. The summed E-state index contributed by atoms with van der Waals surface area (Å²) in [5.74, 6) is 0. The number of ether oxygens (including phenoxy) is 1. The maximum atomic E-state index is 12.6. The maximum Gasteiger partial charge on any atom is 0.244 e. The predicted molar refractivity (Wildman–Crippen MR) is 80.5 cm³/mol. The minimum Gasteiger partial charge on any atom is -0.377 e. The van der Waals surface area contributed by atoms with Crippen molar-refractivity contribution in [3.05, 3.63) is 16.3 Å². The van der Waals surface area contributed by atoms with E-state index < -0.39 is 10.0 Å². The van der Waals surface area contributed by atoms with Gasteiger partial charge in [0.1, 0.15) is 0 Å². The predicted octanol–water partition coefficient (Wildman–Crippen LogP) is 1.66. The molecule has 0 aliphatic carbocycles. The fourth-order valence-corrected chi connectivity index (χ4v) is 4.98. The van der Waals surface area contributed by atoms with Gasteiger partial charge in [-0.2, -0.15) is 4.31 Å². The lowest BCUT2D eigenvalue weighted by Gasteiger charge is -2.27. The fourth-order valence-electron chi connectivity index (χ4n) is 2.35. The number of likely N-dealkylation sites (N-methyl/N-ethyl adjacent to an activating group) is 1. The van der Waals surface area contributed by atoms with Crippen molar-refractivity contribution >= 4 is 21.4 Å². The fraction of sp³-hybridized carbons (Fsp3) is 0.692. The molecule has 1 aliphatic heterocycles. The van der Waals surface area contributed by atoms with Crippen molar-refractivity contribution in [3.8, 4) is 0 Å². The molecule has 114 valence electrons. The Hall–Kier alpha value is -0.470. The molecule has 0 spiro atoms. The summed E-state index contributed by atoms with van der Waals surface area (Å²) in [5, 5.41) is 4.83. The Morgan fingerprint density at radius 2 is 2.30 bits per heavy atom. The summed E-state index contributed by atoms with van der Waals surface area (Å²) in [6.07, 6.45) is 3.15. The lowest BCUT2D eigenvalue weighted by atomic mass is 10.1. The van der Waals surface area contributed by atoms with E-state index in [4.69, 9.17) is 4.74 Å². The van der Waals surface area contributed by atoms with E-state index in [0.717, 1.165) is 30.7 Å². The van der Waals surface area contributed by atoms with Crippen LogP contribution in [0.1, 0.15) is 24.1 Å². The average molecular weight is 318 g/mol. The van der Waals surface area contributed by atoms with Crippen LogP contribution in [0.2, 0.25) is 0 Å². The molecule has 1 aliphatic rings. The summed E-state index contributed by atoms with van der Waals surface area (Å²) in [6.45, 7) is 1.74. The van der Waals surface area contributed by atoms with Gasteiger partial charge in [0.25, 0.3) is 0 Å². The summed E-state index contributed by atoms with van der Waals surface area (Å²) in [5.41, 5.74) is 0. The number of hydrogen-bond donors (Lipinski definition) is 1. The van der Waals surface area contributed by atoms with Crippen LogP contribution in [-0.2, 0) is 21.3 Å². The third-order valence-corrected chi connectivity index (χ3v) is 6.42. The highest BCUT2D eigenvalue weighted by atomic mass is 32.2. The van der Waals surface area contributed by atoms with Gasteiger partial charge >= 0.3 is 0 Å². The molecule has 1 aromatic rings. The van der Waals surface area contributed by atoms with Crippen LogP contribution in [0, 0.1) is 0 Å². The molecule has 5 nitrogen and oxygen atoms in total. The molecule has 2 rings (SSSR count). The Bertz CT molecular complexity index is 521. The van der Waals surface area contributed by atoms with Crippen LogP contribution in [0.5, 0.6) is 0 Å². The van der Waals surface area contributed by atoms with Gasteiger partial charge in [-0.05, 0) is 37.8 Å². The molecule has 2 heterocycles. The summed E-state index contributed by atoms with van der Waals surface area (Å²) < 4.78 is 32.3. The molecular weight excluding hydrogens is 296 g/mol. The molecule has 1 unspecified atom stereocenters. The molecule has 0 amide bonds. The van der Waals surface area contributed by atoms with Gasteiger partial charge in [0.2, 0.25) is 10.0 Å². The van der Waals surface area contributed by atoms with Crippen molar-refractivity contribution in [3.63, 3.8) is 0 Å². The van der Waals surface area contributed by atoms with Crippen LogP contribution in [0.4, 0.5) is 0 Å². The van der Waals surface area contributed by atoms with Crippen LogP contribution in [-0.4, -0.2) is 46.1 Å². The SMILES string of the molecule is CNCc1sccc1S(=O)(=O)N(C)CC1CCCCO1. The third-order valence-electron chi connectivity index (χ3n) is 3.46. The smallest absolute Gasteiger partial charge is 0.244 e. The quantitative estimate of drug-likeness (QED) is 0.866. The highest BCUT2D eigenvalue weighted by Gasteiger charge is 2.27. The van der Waals surface area contributed by atoms with Crippen molar-refractivity contribution < 1.29 is 13.2 Å². The van der Waals surface area contributed by atoms with Gasteiger partial charge in [-0.3, -0.25) is 0 Å². The molecule has 1 aromatic heterocycles. The molecule has 1 saturated heterocycles. The van der Waals surface area contributed by atoms with Gasteiger partial charge in [-0.1, -0.05) is 0 Å². The Morgan fingerprint density at radius 1 is 1.50 bits per heavy atom. The molecule has 1 fully saturated rings. The minimum absolute atomic E-state index is 0.0231. The molecule has 0 saturated carbocycles. The zero-order valence-electron chi connectivity index (χ0n) is 12.0. The third kappa shape index (κ3) is 3.59. The highest BCUT2D eigenvalue weighted by Crippen LogP contribution is 2.25. The molecule has 1 atom stereocenters. The van der Waals surface area contributed by atoms with Gasteiger partial charge < -0.3 is 10.1 Å². The van der Waals surface area contributed by atoms with E-state index in [2.05, 4.69) is 5.32 Å². The van der Waals surface area contributed by atoms with Crippen molar-refractivity contribution in [1.82, 2.24) is 9.62 Å². The number of sulfonamides is 1. The lowest BCUT2D eigenvalue weighted by molar-refractivity contribution is 0.00858. The minimum atomic E-state index is -3.42. The first-order valence-corrected chi connectivity index (χ1v) is 9.16. The molecule has 1 N–H and O–H groups in total. The van der Waals surface area contributed by atoms with Crippen LogP contribution in [0.25, 0.3) is 0 Å². The Labute approximate surface area is 125 Å². The zero-order chi connectivity index (χ0) is 14.6. The Morgan fingerprint density at radius 3 is 2.95 bits per heavy atom. The van der Waals surface area contributed by atoms with E-state index in [1.54, 1.807) is 13.1 Å². The molecule has 7 heteroatoms. The summed E-state index contributed by atoms with van der Waals surface area (Å²) in [6, 6.07) is 1.69. The van der Waals surface area contributed by atoms with Gasteiger partial charge in [-0.25, -0.2) is 8.42 Å². The molecular formula is C13H22N2O3S2. The van der Waals surface area contributed by atoms with Crippen LogP contribution >= 0.6 is 11.3 Å². The van der Waals surface area contributed by atoms with Crippen molar-refractivity contribution in [2.75, 3.05) is 27.2 Å². The van der Waals surface area contributed by atoms with Crippen LogP contribution in [0.3, 0.4) is 0 Å². The van der Waals surface area contributed by atoms with E-state index in [1.165, 1.54) is 15.6 Å². The molecule has 0 bridgehead atoms. The van der Waals surface area contributed by atoms with E-state index in [0.29, 0.717) is 18.0 Å². The van der Waals surface area contributed by atoms with Crippen LogP contribution in [0.15, 0.2) is 16.3 Å². The Balaban J connectivity index is 2.10. The van der Waals surface area contributed by atoms with Gasteiger partial charge in [0, 0.05) is 31.6 Å². The topological polar surface area (TPSA) is 58.6 Å². The first-order chi connectivity index (χ1) is 9.55. The van der Waals surface area contributed by atoms with E-state index >= 15 is 0 Å². The van der Waals surface area contributed by atoms with E-state index in [9.17, 15) is 8.42 Å². The van der Waals surface area contributed by atoms with E-state index in [1.807, 2.05) is 12.4 Å². The normalized spacial score (nSPS) is 20.4. The van der Waals surface area contributed by atoms with E-state index in [-0.39, 0.29) is 6.10 Å². The zero-order valence-corrected chi connectivity index (χ0v) is 13.6. The number of nitrogens with one attached hydrogen (secondary N) is 1. The second-order valence-corrected chi connectivity index (χ2v) is 8.03. The van der Waals surface area contributed by atoms with Gasteiger partial charge in [-0.15, -0.1) is 11.3 Å². The number of thiophene rings is 1. The summed E-state index contributed by atoms with van der Waals surface area (Å²) >= 11 is 1.46. The maximum absolute atomic E-state index is 12.6. The second kappa shape index (κ2) is 7.00. The first-order valence-electron chi connectivity index (χ1n) is 6.84. The number of hydrogen-bond acceptors (Lipinski definition) is 5. The van der Waals surface area contributed by atoms with Crippen molar-refractivity contribution in [2.24, 2.45) is 0 Å². The van der Waals surface area contributed by atoms with Gasteiger partial charge in [0.15, 0.2) is 0 Å². The molecule has 0 radical (unpaired) electrons. The summed E-state index contributed by atoms with van der Waals surface area (Å²) in [7, 11) is 0.0241. The van der Waals surface area contributed by atoms with Crippen molar-refractivity contribution in [1.29, 1.82) is 0 Å². The average Bonchev–Trinajstić information content (AvgIpc) is 2.89. The van der Waals surface area contributed by atoms with Crippen molar-refractivity contribution in [2.45, 2.75) is 36.8 Å². The first kappa shape index (κ1) is 15.9. The monoisotopic (exact) mass is 318 g/mol. The lowest BCUT2D eigenvalue weighted by Crippen LogP contribution is -2.37. The highest BCUT2D eigenvalue weighted by molar-refractivity contribution is 7.89. The molecule has 20 heavy (non-hydrogen) atoms. The van der Waals surface area contributed by atoms with Crippen LogP contribution < -0.4 is 5.32 Å². The number of nitrogens with zero attached hydrogens (tertiary/aromatic N) is 1. The number of rotatable bonds is 6. The Kier molecular flexibility index (Phi) is 5.57. The second-order valence-electron chi connectivity index (χ2n) is 5.01. The summed E-state index contributed by atoms with van der Waals surface area (Å²) in [4.78, 5) is 1.26. The molecule has 0 aromatic carbocycles. The standard InChI is InChI=1S/C13H22N2O3S2/c1-14-9-12-13(6-8-19-12)20(16,17)15(2)10-11-5-3-4-7-18-11/h6,8,11,14H,3-5,7,9-10H2,1-2H3.